The van der Waals surface area contributed by atoms with E-state index in [1.807, 2.05) is 65.6 Å². The Morgan fingerprint density at radius 1 is 0.759 bits per heavy atom. The number of hydrogen-bond acceptors (Lipinski definition) is 3. The van der Waals surface area contributed by atoms with Gasteiger partial charge in [0.1, 0.15) is 5.84 Å². The molecule has 0 aliphatic carbocycles. The van der Waals surface area contributed by atoms with Gasteiger partial charge in [-0.3, -0.25) is 0 Å². The Bertz CT molecular complexity index is 848. The SMILES string of the molecule is Cc1ccc(N=C(C(c2ccccc2)c2ccccc2)N(CCO)CCO)cc1. The summed E-state index contributed by atoms with van der Waals surface area (Å²) in [5.74, 6) is 0.700. The summed E-state index contributed by atoms with van der Waals surface area (Å²) >= 11 is 0. The van der Waals surface area contributed by atoms with Crippen LogP contribution >= 0.6 is 0 Å². The van der Waals surface area contributed by atoms with Crippen LogP contribution < -0.4 is 0 Å². The summed E-state index contributed by atoms with van der Waals surface area (Å²) in [6.07, 6.45) is 0. The number of nitrogens with zero attached hydrogens (tertiary/aromatic N) is 2. The Morgan fingerprint density at radius 2 is 1.24 bits per heavy atom. The summed E-state index contributed by atoms with van der Waals surface area (Å²) in [6.45, 7) is 2.84. The molecule has 29 heavy (non-hydrogen) atoms. The molecule has 0 aromatic heterocycles. The fourth-order valence-corrected chi connectivity index (χ4v) is 3.43. The third-order valence-corrected chi connectivity index (χ3v) is 4.87. The molecule has 0 spiro atoms. The van der Waals surface area contributed by atoms with Crippen LogP contribution in [0.2, 0.25) is 0 Å². The van der Waals surface area contributed by atoms with Gasteiger partial charge in [0.05, 0.1) is 24.8 Å². The summed E-state index contributed by atoms with van der Waals surface area (Å²) in [5.41, 5.74) is 4.26. The molecule has 0 saturated carbocycles. The first kappa shape index (κ1) is 20.8. The van der Waals surface area contributed by atoms with Crippen LogP contribution in [0.4, 0.5) is 5.69 Å². The Hall–Kier alpha value is -2.95. The molecule has 0 saturated heterocycles. The highest BCUT2D eigenvalue weighted by Crippen LogP contribution is 2.29. The van der Waals surface area contributed by atoms with E-state index in [2.05, 4.69) is 31.2 Å². The van der Waals surface area contributed by atoms with Gasteiger partial charge in [-0.05, 0) is 30.2 Å². The maximum atomic E-state index is 9.66. The molecule has 4 heteroatoms. The van der Waals surface area contributed by atoms with E-state index in [4.69, 9.17) is 4.99 Å². The summed E-state index contributed by atoms with van der Waals surface area (Å²) in [6, 6.07) is 28.6. The van der Waals surface area contributed by atoms with Crippen LogP contribution in [0.5, 0.6) is 0 Å². The molecule has 0 heterocycles. The Labute approximate surface area is 172 Å². The number of benzene rings is 3. The van der Waals surface area contributed by atoms with Crippen molar-refractivity contribution >= 4 is 11.5 Å². The number of hydrogen-bond donors (Lipinski definition) is 2. The van der Waals surface area contributed by atoms with Crippen LogP contribution in [0.15, 0.2) is 89.9 Å². The van der Waals surface area contributed by atoms with Gasteiger partial charge in [-0.15, -0.1) is 0 Å². The molecule has 0 fully saturated rings. The lowest BCUT2D eigenvalue weighted by Gasteiger charge is -2.31. The molecule has 2 N–H and O–H groups in total. The normalized spacial score (nSPS) is 11.7. The van der Waals surface area contributed by atoms with Crippen LogP contribution in [0.25, 0.3) is 0 Å². The molecule has 0 unspecified atom stereocenters. The van der Waals surface area contributed by atoms with E-state index >= 15 is 0 Å². The molecule has 0 atom stereocenters. The van der Waals surface area contributed by atoms with Crippen LogP contribution in [0, 0.1) is 6.92 Å². The lowest BCUT2D eigenvalue weighted by Crippen LogP contribution is -2.39. The zero-order valence-corrected chi connectivity index (χ0v) is 16.8. The predicted molar refractivity (Wildman–Crippen MR) is 119 cm³/mol. The van der Waals surface area contributed by atoms with E-state index in [0.717, 1.165) is 22.6 Å². The standard InChI is InChI=1S/C25H28N2O2/c1-20-12-14-23(15-13-20)26-25(27(16-18-28)17-19-29)24(21-8-4-2-5-9-21)22-10-6-3-7-11-22/h2-15,24,28-29H,16-19H2,1H3. The van der Waals surface area contributed by atoms with Crippen molar-refractivity contribution in [3.05, 3.63) is 102 Å². The van der Waals surface area contributed by atoms with Gasteiger partial charge in [-0.1, -0.05) is 78.4 Å². The summed E-state index contributed by atoms with van der Waals surface area (Å²) in [7, 11) is 0. The molecule has 0 aliphatic rings. The molecule has 0 aliphatic heterocycles. The van der Waals surface area contributed by atoms with E-state index < -0.39 is 0 Å². The second kappa shape index (κ2) is 10.6. The average Bonchev–Trinajstić information content (AvgIpc) is 2.76. The van der Waals surface area contributed by atoms with Gasteiger partial charge in [0.25, 0.3) is 0 Å². The highest BCUT2D eigenvalue weighted by molar-refractivity contribution is 5.94. The van der Waals surface area contributed by atoms with Crippen molar-refractivity contribution in [1.82, 2.24) is 4.90 Å². The van der Waals surface area contributed by atoms with E-state index in [1.54, 1.807) is 0 Å². The first-order chi connectivity index (χ1) is 14.2. The van der Waals surface area contributed by atoms with Crippen LogP contribution in [-0.4, -0.2) is 47.3 Å². The Morgan fingerprint density at radius 3 is 1.69 bits per heavy atom. The highest BCUT2D eigenvalue weighted by Gasteiger charge is 2.25. The van der Waals surface area contributed by atoms with Gasteiger partial charge >= 0.3 is 0 Å². The van der Waals surface area contributed by atoms with Gasteiger partial charge in [-0.25, -0.2) is 4.99 Å². The molecule has 4 nitrogen and oxygen atoms in total. The minimum Gasteiger partial charge on any atom is -0.395 e. The van der Waals surface area contributed by atoms with Crippen molar-refractivity contribution in [2.45, 2.75) is 12.8 Å². The van der Waals surface area contributed by atoms with E-state index in [0.29, 0.717) is 13.1 Å². The number of aliphatic imine (C=N–C) groups is 1. The predicted octanol–water partition coefficient (Wildman–Crippen LogP) is 4.14. The number of amidine groups is 1. The van der Waals surface area contributed by atoms with Gasteiger partial charge in [0.15, 0.2) is 0 Å². The summed E-state index contributed by atoms with van der Waals surface area (Å²) < 4.78 is 0. The monoisotopic (exact) mass is 388 g/mol. The van der Waals surface area contributed by atoms with E-state index in [9.17, 15) is 10.2 Å². The molecular formula is C25H28N2O2. The van der Waals surface area contributed by atoms with Gasteiger partial charge in [0, 0.05) is 13.1 Å². The minimum atomic E-state index is -0.114. The number of aliphatic hydroxyl groups excluding tert-OH is 2. The Balaban J connectivity index is 2.17. The zero-order chi connectivity index (χ0) is 20.5. The van der Waals surface area contributed by atoms with Crippen molar-refractivity contribution in [2.24, 2.45) is 4.99 Å². The molecule has 0 radical (unpaired) electrons. The first-order valence-corrected chi connectivity index (χ1v) is 9.94. The third kappa shape index (κ3) is 5.53. The largest absolute Gasteiger partial charge is 0.395 e. The van der Waals surface area contributed by atoms with Crippen molar-refractivity contribution in [3.8, 4) is 0 Å². The minimum absolute atomic E-state index is 0.0107. The Kier molecular flexibility index (Phi) is 7.56. The van der Waals surface area contributed by atoms with Crippen molar-refractivity contribution in [3.63, 3.8) is 0 Å². The van der Waals surface area contributed by atoms with Crippen molar-refractivity contribution < 1.29 is 10.2 Å². The maximum Gasteiger partial charge on any atom is 0.117 e. The van der Waals surface area contributed by atoms with Crippen molar-refractivity contribution in [1.29, 1.82) is 0 Å². The lowest BCUT2D eigenvalue weighted by atomic mass is 9.89. The number of aliphatic hydroxyl groups is 2. The molecule has 3 aromatic rings. The average molecular weight is 389 g/mol. The smallest absolute Gasteiger partial charge is 0.117 e. The summed E-state index contributed by atoms with van der Waals surface area (Å²) in [4.78, 5) is 6.99. The molecule has 3 rings (SSSR count). The second-order valence-electron chi connectivity index (χ2n) is 6.99. The first-order valence-electron chi connectivity index (χ1n) is 9.94. The van der Waals surface area contributed by atoms with Crippen molar-refractivity contribution in [2.75, 3.05) is 26.3 Å². The molecule has 3 aromatic carbocycles. The molecular weight excluding hydrogens is 360 g/mol. The second-order valence-corrected chi connectivity index (χ2v) is 6.99. The topological polar surface area (TPSA) is 56.1 Å². The van der Waals surface area contributed by atoms with E-state index in [1.165, 1.54) is 5.56 Å². The van der Waals surface area contributed by atoms with Gasteiger partial charge < -0.3 is 15.1 Å². The molecule has 0 bridgehead atoms. The quantitative estimate of drug-likeness (QED) is 0.450. The molecule has 150 valence electrons. The zero-order valence-electron chi connectivity index (χ0n) is 16.8. The lowest BCUT2D eigenvalue weighted by molar-refractivity contribution is 0.210. The van der Waals surface area contributed by atoms with Gasteiger partial charge in [0.2, 0.25) is 0 Å². The number of aryl methyl sites for hydroxylation is 1. The van der Waals surface area contributed by atoms with Gasteiger partial charge in [-0.2, -0.15) is 0 Å². The van der Waals surface area contributed by atoms with Crippen LogP contribution in [0.1, 0.15) is 22.6 Å². The highest BCUT2D eigenvalue weighted by atomic mass is 16.3. The van der Waals surface area contributed by atoms with Crippen LogP contribution in [0.3, 0.4) is 0 Å². The maximum absolute atomic E-state index is 9.66. The fourth-order valence-electron chi connectivity index (χ4n) is 3.43. The van der Waals surface area contributed by atoms with Crippen LogP contribution in [-0.2, 0) is 0 Å². The number of rotatable bonds is 8. The summed E-state index contributed by atoms with van der Waals surface area (Å²) in [5, 5.41) is 19.3. The van der Waals surface area contributed by atoms with E-state index in [-0.39, 0.29) is 19.1 Å². The molecule has 0 amide bonds. The fraction of sp³-hybridized carbons (Fsp3) is 0.240. The third-order valence-electron chi connectivity index (χ3n) is 4.87.